The zero-order valence-electron chi connectivity index (χ0n) is 11.9. The molecule has 0 fully saturated rings. The van der Waals surface area contributed by atoms with Gasteiger partial charge in [0, 0.05) is 19.5 Å². The third kappa shape index (κ3) is 4.48. The van der Waals surface area contributed by atoms with E-state index in [4.69, 9.17) is 9.92 Å². The van der Waals surface area contributed by atoms with Crippen molar-refractivity contribution in [3.05, 3.63) is 36.4 Å². The molecule has 2 rings (SSSR count). The van der Waals surface area contributed by atoms with Crippen LogP contribution in [0, 0.1) is 0 Å². The van der Waals surface area contributed by atoms with E-state index in [9.17, 15) is 9.32 Å². The fourth-order valence-corrected chi connectivity index (χ4v) is 1.90. The van der Waals surface area contributed by atoms with Crippen LogP contribution in [0.1, 0.15) is 6.92 Å². The maximum Gasteiger partial charge on any atom is 0.236 e. The van der Waals surface area contributed by atoms with Crippen LogP contribution in [0.15, 0.2) is 36.4 Å². The lowest BCUT2D eigenvalue weighted by atomic mass is 10.1. The number of benzene rings is 2. The van der Waals surface area contributed by atoms with E-state index in [1.54, 1.807) is 27.1 Å². The number of nitrogens with two attached hydrogens (primary N) is 1. The number of anilines is 1. The summed E-state index contributed by atoms with van der Waals surface area (Å²) in [6.07, 6.45) is 0. The number of hydrogen-bond donors (Lipinski definition) is 2. The molecule has 6 heteroatoms. The van der Waals surface area contributed by atoms with Gasteiger partial charge in [-0.3, -0.25) is 4.18 Å². The van der Waals surface area contributed by atoms with Crippen LogP contribution >= 0.6 is 0 Å². The first-order chi connectivity index (χ1) is 9.47. The molecule has 0 saturated carbocycles. The Kier molecular flexibility index (Phi) is 6.44. The first-order valence-corrected chi connectivity index (χ1v) is 7.19. The van der Waals surface area contributed by atoms with Crippen molar-refractivity contribution in [1.29, 1.82) is 0 Å². The second kappa shape index (κ2) is 7.84. The Morgan fingerprint density at radius 1 is 1.25 bits per heavy atom. The largest absolute Gasteiger partial charge is 0.506 e. The Balaban J connectivity index is 0.000000221. The first-order valence-electron chi connectivity index (χ1n) is 6.16. The SMILES string of the molecule is CCOS(=O)N(C)C.Nc1c(O)ccc2ccccc12. The highest BCUT2D eigenvalue weighted by molar-refractivity contribution is 7.77. The normalized spacial score (nSPS) is 12.0. The average Bonchev–Trinajstić information content (AvgIpc) is 2.44. The number of phenols is 1. The Bertz CT molecular complexity index is 588. The van der Waals surface area contributed by atoms with Gasteiger partial charge in [-0.1, -0.05) is 30.3 Å². The maximum atomic E-state index is 10.6. The molecular formula is C14H20N2O3S. The number of aromatic hydroxyl groups is 1. The van der Waals surface area contributed by atoms with E-state index in [0.717, 1.165) is 10.8 Å². The number of phenolic OH excluding ortho intramolecular Hbond substituents is 1. The van der Waals surface area contributed by atoms with E-state index in [0.29, 0.717) is 12.3 Å². The monoisotopic (exact) mass is 296 g/mol. The average molecular weight is 296 g/mol. The number of fused-ring (bicyclic) bond motifs is 1. The predicted molar refractivity (Wildman–Crippen MR) is 83.5 cm³/mol. The molecule has 0 saturated heterocycles. The Morgan fingerprint density at radius 2 is 1.90 bits per heavy atom. The van der Waals surface area contributed by atoms with Crippen molar-refractivity contribution in [2.45, 2.75) is 6.92 Å². The van der Waals surface area contributed by atoms with Crippen LogP contribution in [0.25, 0.3) is 10.8 Å². The first kappa shape index (κ1) is 16.4. The van der Waals surface area contributed by atoms with Crippen LogP contribution in [0.4, 0.5) is 5.69 Å². The van der Waals surface area contributed by atoms with Crippen molar-refractivity contribution in [2.75, 3.05) is 26.4 Å². The minimum atomic E-state index is -1.24. The van der Waals surface area contributed by atoms with E-state index >= 15 is 0 Å². The van der Waals surface area contributed by atoms with E-state index in [1.165, 1.54) is 4.31 Å². The van der Waals surface area contributed by atoms with E-state index in [1.807, 2.05) is 30.3 Å². The van der Waals surface area contributed by atoms with Crippen LogP contribution < -0.4 is 5.73 Å². The summed E-state index contributed by atoms with van der Waals surface area (Å²) >= 11 is -1.24. The number of nitrogen functional groups attached to an aromatic ring is 1. The zero-order valence-corrected chi connectivity index (χ0v) is 12.7. The standard InChI is InChI=1S/C10H9NO.C4H11NO2S/c11-10-8-4-2-1-3-7(8)5-6-9(10)12;1-4-7-8(6)5(2)3/h1-6,12H,11H2;4H2,1-3H3. The van der Waals surface area contributed by atoms with E-state index in [-0.39, 0.29) is 5.75 Å². The van der Waals surface area contributed by atoms with Crippen molar-refractivity contribution >= 4 is 27.7 Å². The van der Waals surface area contributed by atoms with Crippen LogP contribution in [-0.4, -0.2) is 34.3 Å². The van der Waals surface area contributed by atoms with Crippen LogP contribution in [0.5, 0.6) is 5.75 Å². The third-order valence-corrected chi connectivity index (χ3v) is 3.50. The number of hydrogen-bond acceptors (Lipinski definition) is 4. The van der Waals surface area contributed by atoms with Crippen molar-refractivity contribution in [3.63, 3.8) is 0 Å². The molecule has 0 bridgehead atoms. The summed E-state index contributed by atoms with van der Waals surface area (Å²) in [5.74, 6) is 0.147. The summed E-state index contributed by atoms with van der Waals surface area (Å²) in [5, 5.41) is 11.2. The molecule has 1 atom stereocenters. The van der Waals surface area contributed by atoms with Gasteiger partial charge in [-0.05, 0) is 18.4 Å². The van der Waals surface area contributed by atoms with Gasteiger partial charge >= 0.3 is 0 Å². The fourth-order valence-electron chi connectivity index (χ4n) is 1.49. The smallest absolute Gasteiger partial charge is 0.236 e. The van der Waals surface area contributed by atoms with Crippen molar-refractivity contribution in [2.24, 2.45) is 0 Å². The molecule has 0 aromatic heterocycles. The van der Waals surface area contributed by atoms with Gasteiger partial charge in [0.2, 0.25) is 11.3 Å². The number of nitrogens with zero attached hydrogens (tertiary/aromatic N) is 1. The topological polar surface area (TPSA) is 75.8 Å². The molecule has 0 amide bonds. The highest BCUT2D eigenvalue weighted by Crippen LogP contribution is 2.28. The van der Waals surface area contributed by atoms with Gasteiger partial charge in [0.1, 0.15) is 5.75 Å². The van der Waals surface area contributed by atoms with Gasteiger partial charge in [-0.15, -0.1) is 0 Å². The minimum Gasteiger partial charge on any atom is -0.506 e. The molecule has 5 nitrogen and oxygen atoms in total. The van der Waals surface area contributed by atoms with Crippen LogP contribution in [0.3, 0.4) is 0 Å². The highest BCUT2D eigenvalue weighted by Gasteiger charge is 2.00. The molecule has 0 aliphatic carbocycles. The molecule has 3 N–H and O–H groups in total. The van der Waals surface area contributed by atoms with Gasteiger partial charge in [-0.25, -0.2) is 8.51 Å². The summed E-state index contributed by atoms with van der Waals surface area (Å²) in [7, 11) is 3.40. The summed E-state index contributed by atoms with van der Waals surface area (Å²) in [6.45, 7) is 2.30. The van der Waals surface area contributed by atoms with Gasteiger partial charge in [0.25, 0.3) is 0 Å². The Hall–Kier alpha value is -1.63. The molecule has 0 radical (unpaired) electrons. The maximum absolute atomic E-state index is 10.6. The second-order valence-corrected chi connectivity index (χ2v) is 5.56. The van der Waals surface area contributed by atoms with Crippen molar-refractivity contribution < 1.29 is 13.5 Å². The van der Waals surface area contributed by atoms with Gasteiger partial charge in [0.05, 0.1) is 12.3 Å². The third-order valence-electron chi connectivity index (χ3n) is 2.46. The van der Waals surface area contributed by atoms with Crippen LogP contribution in [-0.2, 0) is 15.4 Å². The second-order valence-electron chi connectivity index (χ2n) is 4.16. The van der Waals surface area contributed by atoms with E-state index < -0.39 is 11.3 Å². The van der Waals surface area contributed by atoms with Gasteiger partial charge in [0.15, 0.2) is 0 Å². The molecule has 0 aliphatic heterocycles. The molecular weight excluding hydrogens is 276 g/mol. The molecule has 0 aliphatic rings. The predicted octanol–water partition coefficient (Wildman–Crippen LogP) is 2.29. The lowest BCUT2D eigenvalue weighted by Crippen LogP contribution is -2.17. The summed E-state index contributed by atoms with van der Waals surface area (Å²) in [6, 6.07) is 11.2. The molecule has 2 aromatic rings. The van der Waals surface area contributed by atoms with Crippen molar-refractivity contribution in [3.8, 4) is 5.75 Å². The van der Waals surface area contributed by atoms with Gasteiger partial charge < -0.3 is 10.8 Å². The highest BCUT2D eigenvalue weighted by atomic mass is 32.2. The van der Waals surface area contributed by atoms with Crippen LogP contribution in [0.2, 0.25) is 0 Å². The minimum absolute atomic E-state index is 0.147. The molecule has 2 aromatic carbocycles. The molecule has 0 heterocycles. The molecule has 20 heavy (non-hydrogen) atoms. The molecule has 0 spiro atoms. The van der Waals surface area contributed by atoms with Crippen molar-refractivity contribution in [1.82, 2.24) is 4.31 Å². The number of rotatable bonds is 3. The zero-order chi connectivity index (χ0) is 15.1. The summed E-state index contributed by atoms with van der Waals surface area (Å²) in [4.78, 5) is 0. The quantitative estimate of drug-likeness (QED) is 0.673. The summed E-state index contributed by atoms with van der Waals surface area (Å²) < 4.78 is 16.8. The summed E-state index contributed by atoms with van der Waals surface area (Å²) in [5.41, 5.74) is 6.12. The van der Waals surface area contributed by atoms with Gasteiger partial charge in [-0.2, -0.15) is 0 Å². The Morgan fingerprint density at radius 3 is 2.45 bits per heavy atom. The Labute approximate surface area is 121 Å². The lowest BCUT2D eigenvalue weighted by Gasteiger charge is -2.05. The molecule has 110 valence electrons. The lowest BCUT2D eigenvalue weighted by molar-refractivity contribution is 0.344. The fraction of sp³-hybridized carbons (Fsp3) is 0.286. The van der Waals surface area contributed by atoms with E-state index in [2.05, 4.69) is 0 Å². The molecule has 1 unspecified atom stereocenters.